The van der Waals surface area contributed by atoms with E-state index >= 15 is 0 Å². The van der Waals surface area contributed by atoms with Crippen molar-refractivity contribution < 1.29 is 9.59 Å². The van der Waals surface area contributed by atoms with Gasteiger partial charge < -0.3 is 4.90 Å². The third kappa shape index (κ3) is 4.27. The van der Waals surface area contributed by atoms with Gasteiger partial charge in [0, 0.05) is 19.4 Å². The highest BCUT2D eigenvalue weighted by molar-refractivity contribution is 7.12. The first-order chi connectivity index (χ1) is 14.0. The molecule has 1 aliphatic heterocycles. The largest absolute Gasteiger partial charge is 0.336 e. The van der Waals surface area contributed by atoms with Crippen LogP contribution in [0.4, 0.5) is 0 Å². The van der Waals surface area contributed by atoms with Gasteiger partial charge in [-0.3, -0.25) is 9.59 Å². The highest BCUT2D eigenvalue weighted by Crippen LogP contribution is 2.34. The van der Waals surface area contributed by atoms with Crippen LogP contribution in [-0.4, -0.2) is 41.0 Å². The molecule has 1 aliphatic carbocycles. The quantitative estimate of drug-likeness (QED) is 0.736. The number of hydrogen-bond donors (Lipinski definition) is 0. The molecule has 0 bridgehead atoms. The maximum Gasteiger partial charge on any atom is 0.262 e. The van der Waals surface area contributed by atoms with Crippen molar-refractivity contribution in [2.45, 2.75) is 45.1 Å². The summed E-state index contributed by atoms with van der Waals surface area (Å²) in [5.74, 6) is 0.0322. The summed E-state index contributed by atoms with van der Waals surface area (Å²) in [5, 5.41) is 8.31. The average Bonchev–Trinajstić information content (AvgIpc) is 3.48. The van der Waals surface area contributed by atoms with Gasteiger partial charge >= 0.3 is 0 Å². The summed E-state index contributed by atoms with van der Waals surface area (Å²) >= 11 is 1.64. The number of hydrazone groups is 1. The van der Waals surface area contributed by atoms with Crippen LogP contribution in [0.25, 0.3) is 0 Å². The molecule has 1 fully saturated rings. The zero-order valence-corrected chi connectivity index (χ0v) is 17.8. The van der Waals surface area contributed by atoms with Crippen LogP contribution in [0.5, 0.6) is 0 Å². The van der Waals surface area contributed by atoms with Crippen LogP contribution in [0.15, 0.2) is 46.9 Å². The highest BCUT2D eigenvalue weighted by atomic mass is 32.1. The Kier molecular flexibility index (Phi) is 5.81. The van der Waals surface area contributed by atoms with Gasteiger partial charge in [0.25, 0.3) is 5.91 Å². The fourth-order valence-electron chi connectivity index (χ4n) is 4.22. The van der Waals surface area contributed by atoms with Crippen molar-refractivity contribution in [3.8, 4) is 0 Å². The maximum absolute atomic E-state index is 13.2. The van der Waals surface area contributed by atoms with Crippen molar-refractivity contribution in [3.05, 3.63) is 57.8 Å². The second-order valence-electron chi connectivity index (χ2n) is 8.07. The van der Waals surface area contributed by atoms with Gasteiger partial charge in [-0.25, -0.2) is 5.01 Å². The number of carbonyl (C=O) groups is 2. The lowest BCUT2D eigenvalue weighted by Gasteiger charge is -2.26. The zero-order valence-electron chi connectivity index (χ0n) is 17.0. The summed E-state index contributed by atoms with van der Waals surface area (Å²) in [5.41, 5.74) is 3.19. The number of nitrogens with zero attached hydrogens (tertiary/aromatic N) is 3. The van der Waals surface area contributed by atoms with Gasteiger partial charge in [0.2, 0.25) is 5.91 Å². The Morgan fingerprint density at radius 2 is 1.90 bits per heavy atom. The van der Waals surface area contributed by atoms with Crippen LogP contribution in [0, 0.1) is 12.8 Å². The van der Waals surface area contributed by atoms with Crippen LogP contribution < -0.4 is 0 Å². The molecule has 2 amide bonds. The molecule has 5 nitrogen and oxygen atoms in total. The first kappa shape index (κ1) is 19.8. The molecule has 1 aromatic heterocycles. The van der Waals surface area contributed by atoms with Crippen molar-refractivity contribution in [3.63, 3.8) is 0 Å². The second kappa shape index (κ2) is 8.49. The van der Waals surface area contributed by atoms with Crippen molar-refractivity contribution >= 4 is 28.9 Å². The van der Waals surface area contributed by atoms with Gasteiger partial charge in [0.15, 0.2) is 0 Å². The molecule has 2 heterocycles. The molecule has 1 atom stereocenters. The summed E-state index contributed by atoms with van der Waals surface area (Å²) in [4.78, 5) is 28.5. The van der Waals surface area contributed by atoms with Crippen LogP contribution in [-0.2, 0) is 9.59 Å². The fourth-order valence-corrected chi connectivity index (χ4v) is 4.94. The van der Waals surface area contributed by atoms with Gasteiger partial charge in [0.1, 0.15) is 6.54 Å². The number of thiophene rings is 1. The molecule has 1 aromatic carbocycles. The maximum atomic E-state index is 13.2. The van der Waals surface area contributed by atoms with E-state index in [9.17, 15) is 9.59 Å². The normalized spacial score (nSPS) is 19.4. The minimum absolute atomic E-state index is 0.0684. The topological polar surface area (TPSA) is 53.0 Å². The summed E-state index contributed by atoms with van der Waals surface area (Å²) in [6.45, 7) is 2.12. The van der Waals surface area contributed by atoms with E-state index in [0.717, 1.165) is 41.8 Å². The molecule has 2 aromatic rings. The van der Waals surface area contributed by atoms with Crippen LogP contribution in [0.1, 0.15) is 54.1 Å². The molecule has 2 aliphatic rings. The average molecular weight is 410 g/mol. The first-order valence-corrected chi connectivity index (χ1v) is 11.2. The minimum atomic E-state index is -0.129. The van der Waals surface area contributed by atoms with E-state index in [1.54, 1.807) is 28.3 Å². The lowest BCUT2D eigenvalue weighted by atomic mass is 10.00. The molecule has 0 radical (unpaired) electrons. The van der Waals surface area contributed by atoms with E-state index in [1.165, 1.54) is 5.56 Å². The monoisotopic (exact) mass is 409 g/mol. The molecule has 1 unspecified atom stereocenters. The molecule has 6 heteroatoms. The van der Waals surface area contributed by atoms with E-state index in [4.69, 9.17) is 5.10 Å². The lowest BCUT2D eigenvalue weighted by Crippen LogP contribution is -2.41. The van der Waals surface area contributed by atoms with E-state index in [1.807, 2.05) is 17.5 Å². The number of aryl methyl sites for hydroxylation is 1. The number of rotatable bonds is 5. The molecular weight excluding hydrogens is 382 g/mol. The smallest absolute Gasteiger partial charge is 0.262 e. The Bertz CT molecular complexity index is 899. The highest BCUT2D eigenvalue weighted by Gasteiger charge is 2.35. The Hall–Kier alpha value is -2.47. The number of benzene rings is 1. The minimum Gasteiger partial charge on any atom is -0.336 e. The van der Waals surface area contributed by atoms with Crippen molar-refractivity contribution in [1.29, 1.82) is 0 Å². The second-order valence-corrected chi connectivity index (χ2v) is 9.02. The van der Waals surface area contributed by atoms with Gasteiger partial charge in [0.05, 0.1) is 16.6 Å². The van der Waals surface area contributed by atoms with E-state index in [2.05, 4.69) is 31.2 Å². The molecule has 0 N–H and O–H groups in total. The van der Waals surface area contributed by atoms with E-state index < -0.39 is 0 Å². The standard InChI is InChI=1S/C23H27N3O2S/c1-16-9-11-17(12-10-16)20-14-19(21-8-5-13-29-21)24-26(20)22(27)15-25(2)23(28)18-6-3-4-7-18/h5,8-13,18,20H,3-4,6-7,14-15H2,1-2H3. The SMILES string of the molecule is Cc1ccc(C2CC(c3cccs3)=NN2C(=O)CN(C)C(=O)C2CCCC2)cc1. The lowest BCUT2D eigenvalue weighted by molar-refractivity contribution is -0.142. The predicted molar refractivity (Wildman–Crippen MR) is 116 cm³/mol. The Morgan fingerprint density at radius 1 is 1.17 bits per heavy atom. The number of likely N-dealkylation sites (N-methyl/N-ethyl adjacent to an activating group) is 1. The van der Waals surface area contributed by atoms with E-state index in [0.29, 0.717) is 6.42 Å². The Morgan fingerprint density at radius 3 is 2.55 bits per heavy atom. The predicted octanol–water partition coefficient (Wildman–Crippen LogP) is 4.38. The molecule has 152 valence electrons. The molecule has 4 rings (SSSR count). The van der Waals surface area contributed by atoms with Crippen LogP contribution in [0.2, 0.25) is 0 Å². The zero-order chi connectivity index (χ0) is 20.4. The van der Waals surface area contributed by atoms with Crippen LogP contribution in [0.3, 0.4) is 0 Å². The summed E-state index contributed by atoms with van der Waals surface area (Å²) in [6, 6.07) is 12.2. The fraction of sp³-hybridized carbons (Fsp3) is 0.435. The summed E-state index contributed by atoms with van der Waals surface area (Å²) in [7, 11) is 1.74. The number of carbonyl (C=O) groups excluding carboxylic acids is 2. The van der Waals surface area contributed by atoms with Crippen LogP contribution >= 0.6 is 11.3 Å². The van der Waals surface area contributed by atoms with Crippen molar-refractivity contribution in [2.24, 2.45) is 11.0 Å². The van der Waals surface area contributed by atoms with Gasteiger partial charge in [-0.1, -0.05) is 48.7 Å². The van der Waals surface area contributed by atoms with Gasteiger partial charge in [-0.2, -0.15) is 5.10 Å². The van der Waals surface area contributed by atoms with Gasteiger partial charge in [-0.05, 0) is 36.8 Å². The first-order valence-electron chi connectivity index (χ1n) is 10.3. The molecule has 1 saturated carbocycles. The number of amides is 2. The van der Waals surface area contributed by atoms with Crippen molar-refractivity contribution in [2.75, 3.05) is 13.6 Å². The third-order valence-electron chi connectivity index (χ3n) is 5.89. The van der Waals surface area contributed by atoms with Gasteiger partial charge in [-0.15, -0.1) is 11.3 Å². The summed E-state index contributed by atoms with van der Waals surface area (Å²) < 4.78 is 0. The van der Waals surface area contributed by atoms with Crippen molar-refractivity contribution in [1.82, 2.24) is 9.91 Å². The molecular formula is C23H27N3O2S. The summed E-state index contributed by atoms with van der Waals surface area (Å²) in [6.07, 6.45) is 4.78. The molecule has 0 spiro atoms. The van der Waals surface area contributed by atoms with E-state index in [-0.39, 0.29) is 30.3 Å². The Labute approximate surface area is 176 Å². The number of hydrogen-bond acceptors (Lipinski definition) is 4. The Balaban J connectivity index is 1.54. The molecule has 29 heavy (non-hydrogen) atoms. The third-order valence-corrected chi connectivity index (χ3v) is 6.81. The molecule has 0 saturated heterocycles.